The second-order valence-corrected chi connectivity index (χ2v) is 5.81. The largest absolute Gasteiger partial charge is 0.480 e. The van der Waals surface area contributed by atoms with Gasteiger partial charge in [-0.05, 0) is 24.3 Å². The number of nitrogens with zero attached hydrogens (tertiary/aromatic N) is 2. The van der Waals surface area contributed by atoms with E-state index in [1.807, 2.05) is 18.2 Å². The number of hydrogen-bond donors (Lipinski definition) is 2. The minimum absolute atomic E-state index is 0.0172. The fraction of sp³-hybridized carbons (Fsp3) is 0.111. The van der Waals surface area contributed by atoms with E-state index in [1.54, 1.807) is 24.3 Å². The van der Waals surface area contributed by atoms with Crippen LogP contribution in [0.2, 0.25) is 5.02 Å². The van der Waals surface area contributed by atoms with Crippen molar-refractivity contribution in [2.75, 3.05) is 0 Å². The quantitative estimate of drug-likeness (QED) is 0.734. The third kappa shape index (κ3) is 3.92. The predicted octanol–water partition coefficient (Wildman–Crippen LogP) is 2.71. The minimum Gasteiger partial charge on any atom is -0.480 e. The first kappa shape index (κ1) is 16.9. The molecule has 1 atom stereocenters. The Bertz CT molecular complexity index is 946. The van der Waals surface area contributed by atoms with E-state index in [4.69, 9.17) is 11.6 Å². The van der Waals surface area contributed by atoms with Crippen molar-refractivity contribution in [3.63, 3.8) is 0 Å². The minimum atomic E-state index is -1.16. The Balaban J connectivity index is 1.80. The summed E-state index contributed by atoms with van der Waals surface area (Å²) in [6.07, 6.45) is 1.53. The van der Waals surface area contributed by atoms with Crippen molar-refractivity contribution >= 4 is 34.5 Å². The Morgan fingerprint density at radius 3 is 2.48 bits per heavy atom. The zero-order valence-corrected chi connectivity index (χ0v) is 13.8. The lowest BCUT2D eigenvalue weighted by Gasteiger charge is -2.15. The van der Waals surface area contributed by atoms with E-state index in [2.05, 4.69) is 15.3 Å². The molecule has 0 saturated carbocycles. The van der Waals surface area contributed by atoms with Crippen LogP contribution in [-0.2, 0) is 11.2 Å². The molecule has 2 N–H and O–H groups in total. The van der Waals surface area contributed by atoms with Crippen LogP contribution in [0.1, 0.15) is 16.1 Å². The highest BCUT2D eigenvalue weighted by Crippen LogP contribution is 2.15. The molecule has 0 aliphatic heterocycles. The highest BCUT2D eigenvalue weighted by molar-refractivity contribution is 6.33. The average molecular weight is 356 g/mol. The van der Waals surface area contributed by atoms with Crippen LogP contribution in [0.4, 0.5) is 0 Å². The van der Waals surface area contributed by atoms with E-state index >= 15 is 0 Å². The Hall–Kier alpha value is -2.99. The van der Waals surface area contributed by atoms with E-state index in [1.165, 1.54) is 12.3 Å². The monoisotopic (exact) mass is 355 g/mol. The zero-order chi connectivity index (χ0) is 17.8. The van der Waals surface area contributed by atoms with Crippen molar-refractivity contribution in [3.8, 4) is 0 Å². The number of para-hydroxylation sites is 2. The number of carboxylic acid groups (broad SMARTS) is 1. The van der Waals surface area contributed by atoms with E-state index in [9.17, 15) is 14.7 Å². The molecule has 1 aromatic heterocycles. The maximum atomic E-state index is 12.3. The molecule has 0 saturated heterocycles. The number of carbonyl (C=O) groups is 2. The zero-order valence-electron chi connectivity index (χ0n) is 13.0. The van der Waals surface area contributed by atoms with Gasteiger partial charge in [-0.15, -0.1) is 0 Å². The fourth-order valence-electron chi connectivity index (χ4n) is 2.38. The van der Waals surface area contributed by atoms with Crippen molar-refractivity contribution in [3.05, 3.63) is 71.0 Å². The average Bonchev–Trinajstić information content (AvgIpc) is 2.61. The third-order valence-electron chi connectivity index (χ3n) is 3.63. The molecule has 0 bridgehead atoms. The number of amides is 1. The normalized spacial score (nSPS) is 11.9. The molecular formula is C18H14ClN3O3. The lowest BCUT2D eigenvalue weighted by Crippen LogP contribution is -2.42. The van der Waals surface area contributed by atoms with Gasteiger partial charge >= 0.3 is 5.97 Å². The smallest absolute Gasteiger partial charge is 0.326 e. The van der Waals surface area contributed by atoms with Gasteiger partial charge in [-0.3, -0.25) is 9.78 Å². The van der Waals surface area contributed by atoms with Crippen molar-refractivity contribution in [2.24, 2.45) is 0 Å². The van der Waals surface area contributed by atoms with Crippen LogP contribution in [0.25, 0.3) is 11.0 Å². The molecule has 0 unspecified atom stereocenters. The number of rotatable bonds is 5. The van der Waals surface area contributed by atoms with Gasteiger partial charge in [-0.1, -0.05) is 35.9 Å². The maximum Gasteiger partial charge on any atom is 0.326 e. The number of benzene rings is 2. The Morgan fingerprint density at radius 1 is 1.08 bits per heavy atom. The van der Waals surface area contributed by atoms with Gasteiger partial charge in [0.05, 0.1) is 27.3 Å². The molecule has 0 aliphatic carbocycles. The molecule has 0 aliphatic rings. The van der Waals surface area contributed by atoms with E-state index < -0.39 is 17.9 Å². The van der Waals surface area contributed by atoms with E-state index in [0.29, 0.717) is 11.2 Å². The van der Waals surface area contributed by atoms with Crippen LogP contribution in [-0.4, -0.2) is 33.0 Å². The lowest BCUT2D eigenvalue weighted by atomic mass is 10.1. The lowest BCUT2D eigenvalue weighted by molar-refractivity contribution is -0.139. The molecule has 0 spiro atoms. The van der Waals surface area contributed by atoms with Gasteiger partial charge in [-0.2, -0.15) is 0 Å². The van der Waals surface area contributed by atoms with Crippen molar-refractivity contribution < 1.29 is 14.7 Å². The summed E-state index contributed by atoms with van der Waals surface area (Å²) in [6.45, 7) is 0. The summed E-state index contributed by atoms with van der Waals surface area (Å²) < 4.78 is 0. The van der Waals surface area contributed by atoms with Crippen LogP contribution in [0.15, 0.2) is 54.7 Å². The Morgan fingerprint density at radius 2 is 1.76 bits per heavy atom. The first-order valence-corrected chi connectivity index (χ1v) is 7.91. The van der Waals surface area contributed by atoms with Crippen molar-refractivity contribution in [2.45, 2.75) is 12.5 Å². The van der Waals surface area contributed by atoms with Crippen LogP contribution in [0.5, 0.6) is 0 Å². The number of carbonyl (C=O) groups excluding carboxylic acids is 1. The van der Waals surface area contributed by atoms with Gasteiger partial charge in [-0.25, -0.2) is 9.78 Å². The summed E-state index contributed by atoms with van der Waals surface area (Å²) >= 11 is 5.98. The first-order valence-electron chi connectivity index (χ1n) is 7.53. The van der Waals surface area contributed by atoms with Gasteiger partial charge in [0, 0.05) is 12.6 Å². The highest BCUT2D eigenvalue weighted by atomic mass is 35.5. The molecule has 3 aromatic rings. The molecule has 126 valence electrons. The number of halogens is 1. The molecule has 2 aromatic carbocycles. The molecule has 0 radical (unpaired) electrons. The Labute approximate surface area is 148 Å². The van der Waals surface area contributed by atoms with Crippen LogP contribution < -0.4 is 5.32 Å². The number of hydrogen-bond acceptors (Lipinski definition) is 4. The van der Waals surface area contributed by atoms with Crippen LogP contribution >= 0.6 is 11.6 Å². The number of carboxylic acids is 1. The number of fused-ring (bicyclic) bond motifs is 1. The standard InChI is InChI=1S/C18H14ClN3O3/c19-13-6-2-1-5-12(13)17(23)22-16(18(24)25)9-11-10-20-14-7-3-4-8-15(14)21-11/h1-8,10,16H,9H2,(H,22,23)(H,24,25)/t16-/m1/s1. The van der Waals surface area contributed by atoms with Gasteiger partial charge < -0.3 is 10.4 Å². The molecule has 0 fully saturated rings. The summed E-state index contributed by atoms with van der Waals surface area (Å²) in [5, 5.41) is 12.2. The summed E-state index contributed by atoms with van der Waals surface area (Å²) in [5.74, 6) is -1.71. The maximum absolute atomic E-state index is 12.3. The fourth-order valence-corrected chi connectivity index (χ4v) is 2.61. The summed E-state index contributed by atoms with van der Waals surface area (Å²) in [4.78, 5) is 32.5. The van der Waals surface area contributed by atoms with Gasteiger partial charge in [0.25, 0.3) is 5.91 Å². The first-order chi connectivity index (χ1) is 12.0. The summed E-state index contributed by atoms with van der Waals surface area (Å²) in [7, 11) is 0. The highest BCUT2D eigenvalue weighted by Gasteiger charge is 2.23. The van der Waals surface area contributed by atoms with Gasteiger partial charge in [0.2, 0.25) is 0 Å². The topological polar surface area (TPSA) is 92.2 Å². The number of aromatic nitrogens is 2. The molecule has 3 rings (SSSR count). The van der Waals surface area contributed by atoms with Crippen molar-refractivity contribution in [1.82, 2.24) is 15.3 Å². The van der Waals surface area contributed by atoms with E-state index in [0.717, 1.165) is 5.52 Å². The van der Waals surface area contributed by atoms with Crippen LogP contribution in [0, 0.1) is 0 Å². The van der Waals surface area contributed by atoms with E-state index in [-0.39, 0.29) is 17.0 Å². The second kappa shape index (κ2) is 7.27. The molecular weight excluding hydrogens is 342 g/mol. The van der Waals surface area contributed by atoms with Gasteiger partial charge in [0.1, 0.15) is 6.04 Å². The third-order valence-corrected chi connectivity index (χ3v) is 3.96. The molecule has 7 heteroatoms. The molecule has 1 heterocycles. The molecule has 6 nitrogen and oxygen atoms in total. The van der Waals surface area contributed by atoms with Crippen LogP contribution in [0.3, 0.4) is 0 Å². The van der Waals surface area contributed by atoms with Gasteiger partial charge in [0.15, 0.2) is 0 Å². The predicted molar refractivity (Wildman–Crippen MR) is 93.6 cm³/mol. The summed E-state index contributed by atoms with van der Waals surface area (Å²) in [5.41, 5.74) is 2.09. The second-order valence-electron chi connectivity index (χ2n) is 5.40. The Kier molecular flexibility index (Phi) is 4.90. The SMILES string of the molecule is O=C(N[C@H](Cc1cnc2ccccc2n1)C(=O)O)c1ccccc1Cl. The molecule has 1 amide bonds. The number of aliphatic carboxylic acids is 1. The molecule has 25 heavy (non-hydrogen) atoms. The van der Waals surface area contributed by atoms with Crippen molar-refractivity contribution in [1.29, 1.82) is 0 Å². The number of nitrogens with one attached hydrogen (secondary N) is 1. The summed E-state index contributed by atoms with van der Waals surface area (Å²) in [6, 6.07) is 12.6.